The van der Waals surface area contributed by atoms with Crippen LogP contribution in [0.25, 0.3) is 11.3 Å². The Balaban J connectivity index is 1.62. The van der Waals surface area contributed by atoms with E-state index in [4.69, 9.17) is 9.47 Å². The van der Waals surface area contributed by atoms with Gasteiger partial charge in [-0.3, -0.25) is 4.98 Å². The van der Waals surface area contributed by atoms with Gasteiger partial charge in [-0.2, -0.15) is 0 Å². The number of carbonyl (C=O) groups excluding carboxylic acids is 1. The minimum absolute atomic E-state index is 0.107. The summed E-state index contributed by atoms with van der Waals surface area (Å²) in [5, 5.41) is 0. The molecule has 180 valence electrons. The molecule has 0 bridgehead atoms. The highest BCUT2D eigenvalue weighted by atomic mass is 19.1. The number of hydrogen-bond donors (Lipinski definition) is 0. The highest BCUT2D eigenvalue weighted by molar-refractivity contribution is 5.91. The van der Waals surface area contributed by atoms with Gasteiger partial charge in [0.05, 0.1) is 18.5 Å². The molecular formula is C28H31F2NO3. The number of benzene rings is 2. The summed E-state index contributed by atoms with van der Waals surface area (Å²) < 4.78 is 39.8. The Morgan fingerprint density at radius 1 is 0.853 bits per heavy atom. The molecule has 0 aliphatic carbocycles. The second-order valence-corrected chi connectivity index (χ2v) is 8.24. The molecule has 6 heteroatoms. The zero-order chi connectivity index (χ0) is 24.3. The number of hydrogen-bond acceptors (Lipinski definition) is 4. The number of rotatable bonds is 12. The van der Waals surface area contributed by atoms with Gasteiger partial charge < -0.3 is 9.47 Å². The van der Waals surface area contributed by atoms with Crippen molar-refractivity contribution >= 4 is 5.97 Å². The van der Waals surface area contributed by atoms with Crippen molar-refractivity contribution in [3.05, 3.63) is 77.5 Å². The first-order valence-corrected chi connectivity index (χ1v) is 11.9. The van der Waals surface area contributed by atoms with E-state index in [2.05, 4.69) is 18.8 Å². The number of halogens is 2. The fourth-order valence-corrected chi connectivity index (χ4v) is 3.55. The molecule has 0 radical (unpaired) electrons. The molecule has 1 aromatic heterocycles. The third kappa shape index (κ3) is 7.11. The molecule has 0 aliphatic heterocycles. The van der Waals surface area contributed by atoms with Crippen molar-refractivity contribution in [3.63, 3.8) is 0 Å². The van der Waals surface area contributed by atoms with Gasteiger partial charge in [-0.1, -0.05) is 39.5 Å². The van der Waals surface area contributed by atoms with Crippen LogP contribution in [0, 0.1) is 11.6 Å². The molecule has 34 heavy (non-hydrogen) atoms. The largest absolute Gasteiger partial charge is 0.494 e. The fourth-order valence-electron chi connectivity index (χ4n) is 3.55. The Morgan fingerprint density at radius 3 is 2.15 bits per heavy atom. The number of aromatic nitrogens is 1. The predicted molar refractivity (Wildman–Crippen MR) is 129 cm³/mol. The number of aryl methyl sites for hydroxylation is 1. The lowest BCUT2D eigenvalue weighted by molar-refractivity contribution is 0.0724. The molecule has 0 amide bonds. The van der Waals surface area contributed by atoms with E-state index in [1.54, 1.807) is 12.1 Å². The first kappa shape index (κ1) is 25.3. The van der Waals surface area contributed by atoms with E-state index >= 15 is 0 Å². The zero-order valence-corrected chi connectivity index (χ0v) is 19.8. The molecule has 3 aromatic rings. The Hall–Kier alpha value is -3.28. The van der Waals surface area contributed by atoms with Crippen molar-refractivity contribution in [2.75, 3.05) is 6.61 Å². The second-order valence-electron chi connectivity index (χ2n) is 8.24. The van der Waals surface area contributed by atoms with Gasteiger partial charge in [0.25, 0.3) is 0 Å². The Labute approximate surface area is 199 Å². The third-order valence-electron chi connectivity index (χ3n) is 5.49. The van der Waals surface area contributed by atoms with Gasteiger partial charge in [-0.25, -0.2) is 13.6 Å². The minimum Gasteiger partial charge on any atom is -0.494 e. The van der Waals surface area contributed by atoms with E-state index in [0.29, 0.717) is 24.3 Å². The lowest BCUT2D eigenvalue weighted by Gasteiger charge is -2.09. The Morgan fingerprint density at radius 2 is 1.53 bits per heavy atom. The summed E-state index contributed by atoms with van der Waals surface area (Å²) in [7, 11) is 0. The fraction of sp³-hybridized carbons (Fsp3) is 0.357. The number of nitrogens with zero attached hydrogens (tertiary/aromatic N) is 1. The third-order valence-corrected chi connectivity index (χ3v) is 5.49. The van der Waals surface area contributed by atoms with Crippen LogP contribution in [0.4, 0.5) is 8.78 Å². The van der Waals surface area contributed by atoms with E-state index in [1.807, 2.05) is 24.3 Å². The summed E-state index contributed by atoms with van der Waals surface area (Å²) in [5.74, 6) is -2.02. The molecule has 0 saturated carbocycles. The monoisotopic (exact) mass is 467 g/mol. The molecule has 0 unspecified atom stereocenters. The van der Waals surface area contributed by atoms with Gasteiger partial charge in [0.15, 0.2) is 0 Å². The molecule has 0 saturated heterocycles. The van der Waals surface area contributed by atoms with Crippen molar-refractivity contribution in [1.29, 1.82) is 0 Å². The highest BCUT2D eigenvalue weighted by Gasteiger charge is 2.21. The van der Waals surface area contributed by atoms with Gasteiger partial charge in [-0.05, 0) is 73.4 Å². The van der Waals surface area contributed by atoms with E-state index in [-0.39, 0.29) is 5.75 Å². The Kier molecular flexibility index (Phi) is 9.56. The van der Waals surface area contributed by atoms with Gasteiger partial charge in [0.1, 0.15) is 28.7 Å². The molecule has 2 aromatic carbocycles. The van der Waals surface area contributed by atoms with Crippen molar-refractivity contribution in [3.8, 4) is 22.8 Å². The van der Waals surface area contributed by atoms with Gasteiger partial charge in [0.2, 0.25) is 0 Å². The van der Waals surface area contributed by atoms with Crippen molar-refractivity contribution in [2.45, 2.75) is 58.8 Å². The predicted octanol–water partition coefficient (Wildman–Crippen LogP) is 7.55. The second kappa shape index (κ2) is 12.8. The number of unbranched alkanes of at least 4 members (excludes halogenated alkanes) is 4. The van der Waals surface area contributed by atoms with E-state index in [1.165, 1.54) is 18.3 Å². The molecule has 0 N–H and O–H groups in total. The first-order valence-electron chi connectivity index (χ1n) is 11.9. The van der Waals surface area contributed by atoms with Gasteiger partial charge in [0, 0.05) is 5.56 Å². The normalized spacial score (nSPS) is 10.8. The van der Waals surface area contributed by atoms with Crippen LogP contribution in [-0.2, 0) is 6.42 Å². The van der Waals surface area contributed by atoms with Crippen molar-refractivity contribution in [1.82, 2.24) is 4.98 Å². The quantitative estimate of drug-likeness (QED) is 0.204. The summed E-state index contributed by atoms with van der Waals surface area (Å²) in [5.41, 5.74) is 1.38. The number of carbonyl (C=O) groups is 1. The van der Waals surface area contributed by atoms with Gasteiger partial charge in [-0.15, -0.1) is 0 Å². The highest BCUT2D eigenvalue weighted by Crippen LogP contribution is 2.24. The van der Waals surface area contributed by atoms with Crippen LogP contribution in [0.2, 0.25) is 0 Å². The van der Waals surface area contributed by atoms with E-state index < -0.39 is 23.2 Å². The minimum atomic E-state index is -1.09. The van der Waals surface area contributed by atoms with Crippen LogP contribution >= 0.6 is 0 Å². The zero-order valence-electron chi connectivity index (χ0n) is 19.8. The number of ether oxygens (including phenoxy) is 2. The molecular weight excluding hydrogens is 436 g/mol. The molecule has 0 atom stereocenters. The first-order chi connectivity index (χ1) is 16.5. The average molecular weight is 468 g/mol. The van der Waals surface area contributed by atoms with Crippen LogP contribution < -0.4 is 9.47 Å². The summed E-state index contributed by atoms with van der Waals surface area (Å²) in [6, 6.07) is 13.2. The van der Waals surface area contributed by atoms with Crippen molar-refractivity contribution in [2.24, 2.45) is 0 Å². The van der Waals surface area contributed by atoms with E-state index in [9.17, 15) is 13.6 Å². The lowest BCUT2D eigenvalue weighted by Crippen LogP contribution is -2.14. The molecule has 1 heterocycles. The average Bonchev–Trinajstić information content (AvgIpc) is 2.83. The molecule has 0 aliphatic rings. The molecule has 0 spiro atoms. The van der Waals surface area contributed by atoms with Crippen LogP contribution in [0.3, 0.4) is 0 Å². The Bertz CT molecular complexity index is 1040. The smallest absolute Gasteiger partial charge is 0.349 e. The summed E-state index contributed by atoms with van der Waals surface area (Å²) in [6.07, 6.45) is 8.03. The van der Waals surface area contributed by atoms with Crippen LogP contribution in [0.5, 0.6) is 11.5 Å². The molecule has 0 fully saturated rings. The number of pyridine rings is 1. The standard InChI is InChI=1S/C28H31F2NO3/c1-3-5-7-8-9-20-17-24(29)27(25(30)18-20)28(32)34-23-14-15-26(31-19-23)21-10-12-22(13-11-21)33-16-6-4-2/h10-15,17-19H,3-9,16H2,1-2H3. The topological polar surface area (TPSA) is 48.4 Å². The van der Waals surface area contributed by atoms with Crippen molar-refractivity contribution < 1.29 is 23.0 Å². The maximum absolute atomic E-state index is 14.5. The summed E-state index contributed by atoms with van der Waals surface area (Å²) in [6.45, 7) is 4.89. The van der Waals surface area contributed by atoms with Crippen LogP contribution in [-0.4, -0.2) is 17.6 Å². The maximum atomic E-state index is 14.5. The van der Waals surface area contributed by atoms with Crippen LogP contribution in [0.1, 0.15) is 68.3 Å². The van der Waals surface area contributed by atoms with E-state index in [0.717, 1.165) is 49.8 Å². The van der Waals surface area contributed by atoms with Gasteiger partial charge >= 0.3 is 5.97 Å². The summed E-state index contributed by atoms with van der Waals surface area (Å²) in [4.78, 5) is 16.7. The molecule has 4 nitrogen and oxygen atoms in total. The number of esters is 1. The molecule has 3 rings (SSSR count). The maximum Gasteiger partial charge on any atom is 0.349 e. The lowest BCUT2D eigenvalue weighted by atomic mass is 10.0. The SMILES string of the molecule is CCCCCCc1cc(F)c(C(=O)Oc2ccc(-c3ccc(OCCCC)cc3)nc2)c(F)c1. The summed E-state index contributed by atoms with van der Waals surface area (Å²) >= 11 is 0. The van der Waals surface area contributed by atoms with Crippen LogP contribution in [0.15, 0.2) is 54.7 Å².